The summed E-state index contributed by atoms with van der Waals surface area (Å²) < 4.78 is 0. The Bertz CT molecular complexity index is 700. The summed E-state index contributed by atoms with van der Waals surface area (Å²) in [7, 11) is 0. The number of rotatable bonds is 4. The second kappa shape index (κ2) is 5.78. The number of benzene rings is 2. The molecular formula is C15H12N3O2+. The van der Waals surface area contributed by atoms with Crippen LogP contribution >= 0.6 is 0 Å². The molecule has 0 spiro atoms. The first-order chi connectivity index (χ1) is 9.61. The summed E-state index contributed by atoms with van der Waals surface area (Å²) >= 11 is 0. The monoisotopic (exact) mass is 266 g/mol. The standard InChI is InChI=1S/C15H11N3O2/c16-9-13(17)12-3-1-2-4-14(12)18-11-7-5-10(6-8-11)15(19)20/h1-8,17-18H,(H,19,20)/p+1. The zero-order valence-electron chi connectivity index (χ0n) is 10.5. The normalized spacial score (nSPS) is 9.75. The van der Waals surface area contributed by atoms with E-state index in [1.54, 1.807) is 24.3 Å². The second-order valence-corrected chi connectivity index (χ2v) is 4.15. The Hall–Kier alpha value is -2.97. The lowest BCUT2D eigenvalue weighted by Gasteiger charge is -2.05. The Labute approximate surface area is 115 Å². The Morgan fingerprint density at radius 3 is 2.40 bits per heavy atom. The van der Waals surface area contributed by atoms with Gasteiger partial charge in [0.15, 0.2) is 0 Å². The molecule has 2 aromatic rings. The molecule has 0 saturated heterocycles. The molecule has 0 saturated carbocycles. The number of nitrogens with zero attached hydrogens (tertiary/aromatic N) is 1. The highest BCUT2D eigenvalue weighted by atomic mass is 16.4. The minimum atomic E-state index is -0.969. The number of nitrogens with one attached hydrogen (secondary N) is 1. The van der Waals surface area contributed by atoms with Crippen molar-refractivity contribution in [1.82, 2.24) is 0 Å². The number of hydrogen-bond donors (Lipinski definition) is 3. The van der Waals surface area contributed by atoms with E-state index in [0.717, 1.165) is 11.4 Å². The lowest BCUT2D eigenvalue weighted by Crippen LogP contribution is -2.71. The van der Waals surface area contributed by atoms with Crippen LogP contribution in [-0.2, 0) is 0 Å². The molecule has 0 fully saturated rings. The van der Waals surface area contributed by atoms with Gasteiger partial charge in [-0.2, -0.15) is 5.26 Å². The first-order valence-corrected chi connectivity index (χ1v) is 5.88. The fourth-order valence-corrected chi connectivity index (χ4v) is 1.81. The van der Waals surface area contributed by atoms with E-state index < -0.39 is 5.97 Å². The van der Waals surface area contributed by atoms with E-state index in [1.807, 2.05) is 23.5 Å². The Morgan fingerprint density at radius 2 is 1.80 bits per heavy atom. The lowest BCUT2D eigenvalue weighted by molar-refractivity contribution is -0.478. The molecule has 5 nitrogen and oxygen atoms in total. The van der Waals surface area contributed by atoms with Crippen molar-refractivity contribution < 1.29 is 15.2 Å². The van der Waals surface area contributed by atoms with Crippen LogP contribution in [0.15, 0.2) is 48.5 Å². The minimum Gasteiger partial charge on any atom is -0.478 e. The summed E-state index contributed by atoms with van der Waals surface area (Å²) in [6.07, 6.45) is 0. The highest BCUT2D eigenvalue weighted by molar-refractivity contribution is 6.11. The average Bonchev–Trinajstić information content (AvgIpc) is 2.47. The minimum absolute atomic E-state index is 0.0981. The van der Waals surface area contributed by atoms with E-state index in [0.29, 0.717) is 5.56 Å². The van der Waals surface area contributed by atoms with Gasteiger partial charge in [0.1, 0.15) is 23.2 Å². The van der Waals surface area contributed by atoms with Gasteiger partial charge >= 0.3 is 5.97 Å². The van der Waals surface area contributed by atoms with Gasteiger partial charge in [0, 0.05) is 18.2 Å². The molecule has 0 unspecified atom stereocenters. The third kappa shape index (κ3) is 2.88. The molecule has 0 atom stereocenters. The largest absolute Gasteiger partial charge is 0.478 e. The number of carboxylic acid groups (broad SMARTS) is 1. The Morgan fingerprint density at radius 1 is 1.15 bits per heavy atom. The second-order valence-electron chi connectivity index (χ2n) is 4.15. The zero-order valence-corrected chi connectivity index (χ0v) is 10.5. The van der Waals surface area contributed by atoms with E-state index in [-0.39, 0.29) is 11.3 Å². The van der Waals surface area contributed by atoms with E-state index in [4.69, 9.17) is 15.8 Å². The maximum absolute atomic E-state index is 10.8. The maximum atomic E-state index is 10.8. The van der Waals surface area contributed by atoms with Gasteiger partial charge in [-0.05, 0) is 18.2 Å². The molecule has 2 rings (SSSR count). The van der Waals surface area contributed by atoms with Gasteiger partial charge in [0.05, 0.1) is 11.1 Å². The Balaban J connectivity index is 2.29. The van der Waals surface area contributed by atoms with Crippen molar-refractivity contribution >= 4 is 23.1 Å². The molecule has 98 valence electrons. The van der Waals surface area contributed by atoms with Crippen molar-refractivity contribution in [2.24, 2.45) is 0 Å². The predicted molar refractivity (Wildman–Crippen MR) is 73.5 cm³/mol. The van der Waals surface area contributed by atoms with Gasteiger partial charge in [-0.3, -0.25) is 10.7 Å². The van der Waals surface area contributed by atoms with Crippen molar-refractivity contribution in [3.05, 3.63) is 59.7 Å². The van der Waals surface area contributed by atoms with Crippen molar-refractivity contribution in [3.63, 3.8) is 0 Å². The number of hydrogen-bond acceptors (Lipinski definition) is 3. The smallest absolute Gasteiger partial charge is 0.335 e. The summed E-state index contributed by atoms with van der Waals surface area (Å²) in [5.74, 6) is -0.969. The van der Waals surface area contributed by atoms with E-state index in [2.05, 4.69) is 0 Å². The quantitative estimate of drug-likeness (QED) is 0.581. The molecule has 4 N–H and O–H groups in total. The SMILES string of the molecule is N#CC(=N)c1ccccc1[NH2+]c1ccc(C(=O)O)cc1. The summed E-state index contributed by atoms with van der Waals surface area (Å²) in [4.78, 5) is 10.8. The predicted octanol–water partition coefficient (Wildman–Crippen LogP) is 1.80. The summed E-state index contributed by atoms with van der Waals surface area (Å²) in [5, 5.41) is 27.1. The van der Waals surface area contributed by atoms with Crippen LogP contribution in [0, 0.1) is 16.7 Å². The number of carbonyl (C=O) groups is 1. The van der Waals surface area contributed by atoms with Crippen molar-refractivity contribution in [3.8, 4) is 6.07 Å². The summed E-state index contributed by atoms with van der Waals surface area (Å²) in [6.45, 7) is 0. The van der Waals surface area contributed by atoms with Crippen LogP contribution in [0.1, 0.15) is 15.9 Å². The maximum Gasteiger partial charge on any atom is 0.335 e. The number of quaternary nitrogens is 1. The lowest BCUT2D eigenvalue weighted by atomic mass is 10.1. The van der Waals surface area contributed by atoms with Gasteiger partial charge in [-0.1, -0.05) is 12.1 Å². The molecule has 0 aromatic heterocycles. The third-order valence-electron chi connectivity index (χ3n) is 2.82. The van der Waals surface area contributed by atoms with Crippen LogP contribution in [0.3, 0.4) is 0 Å². The fourth-order valence-electron chi connectivity index (χ4n) is 1.81. The van der Waals surface area contributed by atoms with E-state index in [1.165, 1.54) is 12.1 Å². The van der Waals surface area contributed by atoms with Crippen LogP contribution in [-0.4, -0.2) is 16.8 Å². The van der Waals surface area contributed by atoms with Gasteiger partial charge in [0.2, 0.25) is 0 Å². The van der Waals surface area contributed by atoms with E-state index in [9.17, 15) is 4.79 Å². The molecule has 0 amide bonds. The molecule has 0 bridgehead atoms. The number of aromatic carboxylic acids is 1. The topological polar surface area (TPSA) is 102 Å². The van der Waals surface area contributed by atoms with Crippen LogP contribution in [0.5, 0.6) is 0 Å². The number of nitriles is 1. The zero-order chi connectivity index (χ0) is 14.5. The van der Waals surface area contributed by atoms with Crippen LogP contribution in [0.4, 0.5) is 11.4 Å². The van der Waals surface area contributed by atoms with Crippen LogP contribution < -0.4 is 5.32 Å². The molecule has 0 aliphatic heterocycles. The Kier molecular flexibility index (Phi) is 3.89. The number of nitrogens with two attached hydrogens (primary N) is 1. The summed E-state index contributed by atoms with van der Waals surface area (Å²) in [5.41, 5.74) is 2.24. The fraction of sp³-hybridized carbons (Fsp3) is 0. The third-order valence-corrected chi connectivity index (χ3v) is 2.82. The van der Waals surface area contributed by atoms with Gasteiger partial charge in [0.25, 0.3) is 0 Å². The van der Waals surface area contributed by atoms with E-state index >= 15 is 0 Å². The summed E-state index contributed by atoms with van der Waals surface area (Å²) in [6, 6.07) is 15.4. The molecular weight excluding hydrogens is 254 g/mol. The van der Waals surface area contributed by atoms with Gasteiger partial charge in [-0.15, -0.1) is 0 Å². The highest BCUT2D eigenvalue weighted by Crippen LogP contribution is 2.13. The first kappa shape index (κ1) is 13.5. The molecule has 2 aromatic carbocycles. The molecule has 0 radical (unpaired) electrons. The molecule has 0 heterocycles. The van der Waals surface area contributed by atoms with Crippen LogP contribution in [0.25, 0.3) is 0 Å². The highest BCUT2D eigenvalue weighted by Gasteiger charge is 2.11. The molecule has 5 heteroatoms. The van der Waals surface area contributed by atoms with Crippen molar-refractivity contribution in [2.45, 2.75) is 0 Å². The number of para-hydroxylation sites is 1. The first-order valence-electron chi connectivity index (χ1n) is 5.88. The number of carboxylic acids is 1. The van der Waals surface area contributed by atoms with Gasteiger partial charge < -0.3 is 5.11 Å². The molecule has 0 aliphatic carbocycles. The molecule has 0 aliphatic rings. The van der Waals surface area contributed by atoms with Gasteiger partial charge in [-0.25, -0.2) is 4.79 Å². The molecule has 20 heavy (non-hydrogen) atoms. The van der Waals surface area contributed by atoms with Crippen molar-refractivity contribution in [1.29, 1.82) is 10.7 Å². The average molecular weight is 266 g/mol. The van der Waals surface area contributed by atoms with Crippen LogP contribution in [0.2, 0.25) is 0 Å². The van der Waals surface area contributed by atoms with Crippen molar-refractivity contribution in [2.75, 3.05) is 0 Å².